The molecule has 0 radical (unpaired) electrons. The van der Waals surface area contributed by atoms with Gasteiger partial charge < -0.3 is 20.7 Å². The van der Waals surface area contributed by atoms with Crippen molar-refractivity contribution >= 4 is 11.9 Å². The van der Waals surface area contributed by atoms with Crippen molar-refractivity contribution in [1.29, 1.82) is 0 Å². The number of rotatable bonds is 10. The number of aliphatic imine (C=N–C) groups is 1. The van der Waals surface area contributed by atoms with Crippen LogP contribution in [0.5, 0.6) is 5.75 Å². The highest BCUT2D eigenvalue weighted by atomic mass is 16.5. The Morgan fingerprint density at radius 3 is 2.69 bits per heavy atom. The van der Waals surface area contributed by atoms with E-state index in [1.54, 1.807) is 0 Å². The lowest BCUT2D eigenvalue weighted by Gasteiger charge is -2.12. The number of amides is 1. The maximum atomic E-state index is 11.6. The Kier molecular flexibility index (Phi) is 8.25. The zero-order valence-corrected chi connectivity index (χ0v) is 16.2. The summed E-state index contributed by atoms with van der Waals surface area (Å²) >= 11 is 0. The van der Waals surface area contributed by atoms with Gasteiger partial charge in [-0.05, 0) is 43.4 Å². The van der Waals surface area contributed by atoms with E-state index in [1.807, 2.05) is 31.2 Å². The molecule has 26 heavy (non-hydrogen) atoms. The average molecular weight is 361 g/mol. The van der Waals surface area contributed by atoms with E-state index in [0.717, 1.165) is 36.7 Å². The number of ether oxygens (including phenoxy) is 1. The minimum atomic E-state index is 0.173. The van der Waals surface area contributed by atoms with Crippen LogP contribution in [0.25, 0.3) is 0 Å². The fourth-order valence-corrected chi connectivity index (χ4v) is 2.37. The molecule has 0 spiro atoms. The SMILES string of the molecule is CCNC(=NCc1cccc(OCC(C)C)c1)NCCNC(=O)C1CC1. The van der Waals surface area contributed by atoms with E-state index in [4.69, 9.17) is 4.74 Å². The Hall–Kier alpha value is -2.24. The number of guanidine groups is 1. The van der Waals surface area contributed by atoms with Crippen molar-refractivity contribution < 1.29 is 9.53 Å². The lowest BCUT2D eigenvalue weighted by molar-refractivity contribution is -0.122. The first-order chi connectivity index (χ1) is 12.6. The average Bonchev–Trinajstić information content (AvgIpc) is 3.47. The zero-order chi connectivity index (χ0) is 18.8. The van der Waals surface area contributed by atoms with Crippen molar-refractivity contribution in [2.45, 2.75) is 40.2 Å². The largest absolute Gasteiger partial charge is 0.493 e. The molecule has 1 aliphatic rings. The first kappa shape index (κ1) is 20.1. The Morgan fingerprint density at radius 1 is 1.23 bits per heavy atom. The molecule has 1 saturated carbocycles. The van der Waals surface area contributed by atoms with Gasteiger partial charge in [-0.3, -0.25) is 4.79 Å². The summed E-state index contributed by atoms with van der Waals surface area (Å²) < 4.78 is 5.77. The molecular weight excluding hydrogens is 328 g/mol. The minimum Gasteiger partial charge on any atom is -0.493 e. The molecule has 0 atom stereocenters. The molecular formula is C20H32N4O2. The number of benzene rings is 1. The number of carbonyl (C=O) groups is 1. The van der Waals surface area contributed by atoms with Crippen molar-refractivity contribution in [1.82, 2.24) is 16.0 Å². The van der Waals surface area contributed by atoms with Gasteiger partial charge in [0.2, 0.25) is 5.91 Å². The molecule has 144 valence electrons. The van der Waals surface area contributed by atoms with E-state index in [2.05, 4.69) is 34.8 Å². The van der Waals surface area contributed by atoms with Crippen LogP contribution < -0.4 is 20.7 Å². The minimum absolute atomic E-state index is 0.173. The summed E-state index contributed by atoms with van der Waals surface area (Å²) in [6, 6.07) is 8.05. The number of hydrogen-bond donors (Lipinski definition) is 3. The van der Waals surface area contributed by atoms with Gasteiger partial charge in [0, 0.05) is 25.6 Å². The predicted octanol–water partition coefficient (Wildman–Crippen LogP) is 2.30. The Bertz CT molecular complexity index is 597. The molecule has 0 aliphatic heterocycles. The van der Waals surface area contributed by atoms with Crippen molar-refractivity contribution in [3.8, 4) is 5.75 Å². The second-order valence-electron chi connectivity index (χ2n) is 7.04. The quantitative estimate of drug-likeness (QED) is 0.340. The molecule has 0 aromatic heterocycles. The Morgan fingerprint density at radius 2 is 2.00 bits per heavy atom. The van der Waals surface area contributed by atoms with Crippen molar-refractivity contribution in [2.75, 3.05) is 26.2 Å². The predicted molar refractivity (Wildman–Crippen MR) is 105 cm³/mol. The molecule has 1 aliphatic carbocycles. The monoisotopic (exact) mass is 360 g/mol. The van der Waals surface area contributed by atoms with Crippen molar-refractivity contribution in [3.05, 3.63) is 29.8 Å². The third-order valence-corrected chi connectivity index (χ3v) is 3.91. The van der Waals surface area contributed by atoms with Gasteiger partial charge in [0.1, 0.15) is 5.75 Å². The number of carbonyl (C=O) groups excluding carboxylic acids is 1. The van der Waals surface area contributed by atoms with Gasteiger partial charge in [-0.2, -0.15) is 0 Å². The third kappa shape index (κ3) is 7.76. The number of nitrogens with one attached hydrogen (secondary N) is 3. The van der Waals surface area contributed by atoms with Crippen LogP contribution in [-0.2, 0) is 11.3 Å². The maximum Gasteiger partial charge on any atom is 0.223 e. The second kappa shape index (κ2) is 10.7. The van der Waals surface area contributed by atoms with Gasteiger partial charge in [0.05, 0.1) is 13.2 Å². The lowest BCUT2D eigenvalue weighted by Crippen LogP contribution is -2.41. The summed E-state index contributed by atoms with van der Waals surface area (Å²) in [5, 5.41) is 9.42. The summed E-state index contributed by atoms with van der Waals surface area (Å²) in [6.07, 6.45) is 2.06. The fourth-order valence-electron chi connectivity index (χ4n) is 2.37. The molecule has 6 heteroatoms. The zero-order valence-electron chi connectivity index (χ0n) is 16.2. The molecule has 3 N–H and O–H groups in total. The number of hydrogen-bond acceptors (Lipinski definition) is 3. The van der Waals surface area contributed by atoms with E-state index < -0.39 is 0 Å². The maximum absolute atomic E-state index is 11.6. The van der Waals surface area contributed by atoms with Crippen LogP contribution >= 0.6 is 0 Å². The fraction of sp³-hybridized carbons (Fsp3) is 0.600. The molecule has 6 nitrogen and oxygen atoms in total. The standard InChI is InChI=1S/C20H32N4O2/c1-4-21-20(23-11-10-22-19(25)17-8-9-17)24-13-16-6-5-7-18(12-16)26-14-15(2)3/h5-7,12,15,17H,4,8-11,13-14H2,1-3H3,(H,22,25)(H2,21,23,24). The van der Waals surface area contributed by atoms with Gasteiger partial charge in [-0.15, -0.1) is 0 Å². The van der Waals surface area contributed by atoms with Gasteiger partial charge in [-0.25, -0.2) is 4.99 Å². The topological polar surface area (TPSA) is 74.8 Å². The Labute approximate surface area is 156 Å². The number of nitrogens with zero attached hydrogens (tertiary/aromatic N) is 1. The molecule has 1 aromatic carbocycles. The summed E-state index contributed by atoms with van der Waals surface area (Å²) in [7, 11) is 0. The third-order valence-electron chi connectivity index (χ3n) is 3.91. The van der Waals surface area contributed by atoms with Gasteiger partial charge in [0.25, 0.3) is 0 Å². The van der Waals surface area contributed by atoms with Crippen LogP contribution in [0, 0.1) is 11.8 Å². The second-order valence-corrected chi connectivity index (χ2v) is 7.04. The summed E-state index contributed by atoms with van der Waals surface area (Å²) in [5.41, 5.74) is 1.10. The molecule has 1 amide bonds. The van der Waals surface area contributed by atoms with E-state index in [-0.39, 0.29) is 11.8 Å². The highest BCUT2D eigenvalue weighted by Crippen LogP contribution is 2.28. The first-order valence-corrected chi connectivity index (χ1v) is 9.60. The summed E-state index contributed by atoms with van der Waals surface area (Å²) in [6.45, 7) is 9.64. The van der Waals surface area contributed by atoms with Crippen LogP contribution in [0.1, 0.15) is 39.2 Å². The highest BCUT2D eigenvalue weighted by molar-refractivity contribution is 5.81. The van der Waals surface area contributed by atoms with Crippen molar-refractivity contribution in [2.24, 2.45) is 16.8 Å². The summed E-state index contributed by atoms with van der Waals surface area (Å²) in [5.74, 6) is 2.56. The molecule has 0 heterocycles. The van der Waals surface area contributed by atoms with Crippen LogP contribution in [0.2, 0.25) is 0 Å². The van der Waals surface area contributed by atoms with Crippen molar-refractivity contribution in [3.63, 3.8) is 0 Å². The van der Waals surface area contributed by atoms with E-state index in [0.29, 0.717) is 32.2 Å². The first-order valence-electron chi connectivity index (χ1n) is 9.60. The van der Waals surface area contributed by atoms with Crippen LogP contribution in [0.3, 0.4) is 0 Å². The van der Waals surface area contributed by atoms with E-state index in [9.17, 15) is 4.79 Å². The van der Waals surface area contributed by atoms with E-state index in [1.165, 1.54) is 0 Å². The molecule has 0 unspecified atom stereocenters. The van der Waals surface area contributed by atoms with Gasteiger partial charge in [-0.1, -0.05) is 26.0 Å². The van der Waals surface area contributed by atoms with E-state index >= 15 is 0 Å². The summed E-state index contributed by atoms with van der Waals surface area (Å²) in [4.78, 5) is 16.2. The van der Waals surface area contributed by atoms with Gasteiger partial charge in [0.15, 0.2) is 5.96 Å². The smallest absolute Gasteiger partial charge is 0.223 e. The molecule has 1 fully saturated rings. The lowest BCUT2D eigenvalue weighted by atomic mass is 10.2. The van der Waals surface area contributed by atoms with Gasteiger partial charge >= 0.3 is 0 Å². The molecule has 2 rings (SSSR count). The van der Waals surface area contributed by atoms with Crippen LogP contribution in [0.4, 0.5) is 0 Å². The van der Waals surface area contributed by atoms with Crippen LogP contribution in [0.15, 0.2) is 29.3 Å². The van der Waals surface area contributed by atoms with Crippen LogP contribution in [-0.4, -0.2) is 38.1 Å². The molecule has 1 aromatic rings. The molecule has 0 bridgehead atoms. The normalized spacial score (nSPS) is 14.2. The molecule has 0 saturated heterocycles. The Balaban J connectivity index is 1.79. The highest BCUT2D eigenvalue weighted by Gasteiger charge is 2.28.